The molecule has 1 heterocycles. The van der Waals surface area contributed by atoms with Crippen LogP contribution in [0, 0.1) is 0 Å². The molecular weight excluding hydrogens is 286 g/mol. The molecule has 0 radical (unpaired) electrons. The van der Waals surface area contributed by atoms with Gasteiger partial charge >= 0.3 is 0 Å². The van der Waals surface area contributed by atoms with Crippen molar-refractivity contribution >= 4 is 5.69 Å². The Morgan fingerprint density at radius 1 is 0.870 bits per heavy atom. The summed E-state index contributed by atoms with van der Waals surface area (Å²) < 4.78 is 5.75. The molecule has 3 rings (SSSR count). The highest BCUT2D eigenvalue weighted by molar-refractivity contribution is 5.58. The summed E-state index contributed by atoms with van der Waals surface area (Å²) in [5, 5.41) is 11.7. The fraction of sp³-hybridized carbons (Fsp3) is 0.263. The number of rotatable bonds is 6. The van der Waals surface area contributed by atoms with Gasteiger partial charge in [0.2, 0.25) is 11.8 Å². The highest BCUT2D eigenvalue weighted by Crippen LogP contribution is 2.24. The summed E-state index contributed by atoms with van der Waals surface area (Å²) in [5.41, 5.74) is 4.76. The van der Waals surface area contributed by atoms with Crippen LogP contribution in [0.15, 0.2) is 52.9 Å². The van der Waals surface area contributed by atoms with Crippen LogP contribution in [0.5, 0.6) is 0 Å². The van der Waals surface area contributed by atoms with Crippen LogP contribution in [0.25, 0.3) is 11.5 Å². The Kier molecular flexibility index (Phi) is 4.71. The van der Waals surface area contributed by atoms with Crippen molar-refractivity contribution in [1.29, 1.82) is 0 Å². The van der Waals surface area contributed by atoms with Gasteiger partial charge in [-0.3, -0.25) is 0 Å². The van der Waals surface area contributed by atoms with Crippen LogP contribution in [-0.4, -0.2) is 10.2 Å². The zero-order valence-corrected chi connectivity index (χ0v) is 13.5. The SMILES string of the molecule is CCc1cccc(CC)c1NCc1nnc(-c2ccccc2)o1. The second-order valence-corrected chi connectivity index (χ2v) is 5.38. The first-order valence-electron chi connectivity index (χ1n) is 8.04. The third kappa shape index (κ3) is 3.42. The number of aromatic nitrogens is 2. The van der Waals surface area contributed by atoms with E-state index in [0.717, 1.165) is 18.4 Å². The molecule has 0 saturated heterocycles. The van der Waals surface area contributed by atoms with Gasteiger partial charge in [-0.15, -0.1) is 10.2 Å². The molecular formula is C19H21N3O. The standard InChI is InChI=1S/C19H21N3O/c1-3-14-11-8-12-15(4-2)18(14)20-13-17-21-22-19(23-17)16-9-6-5-7-10-16/h5-12,20H,3-4,13H2,1-2H3. The van der Waals surface area contributed by atoms with Gasteiger partial charge in [0.15, 0.2) is 0 Å². The minimum atomic E-state index is 0.532. The number of hydrogen-bond donors (Lipinski definition) is 1. The van der Waals surface area contributed by atoms with Gasteiger partial charge in [0.05, 0.1) is 6.54 Å². The molecule has 0 saturated carbocycles. The predicted octanol–water partition coefficient (Wildman–Crippen LogP) is 4.47. The molecule has 0 aliphatic heterocycles. The Labute approximate surface area is 136 Å². The average Bonchev–Trinajstić information content (AvgIpc) is 3.09. The van der Waals surface area contributed by atoms with E-state index in [2.05, 4.69) is 47.6 Å². The summed E-state index contributed by atoms with van der Waals surface area (Å²) in [6.07, 6.45) is 1.99. The first-order chi connectivity index (χ1) is 11.3. The maximum absolute atomic E-state index is 5.75. The number of hydrogen-bond acceptors (Lipinski definition) is 4. The first-order valence-corrected chi connectivity index (χ1v) is 8.04. The quantitative estimate of drug-likeness (QED) is 0.730. The Bertz CT molecular complexity index is 743. The Balaban J connectivity index is 1.76. The zero-order chi connectivity index (χ0) is 16.1. The zero-order valence-electron chi connectivity index (χ0n) is 13.5. The van der Waals surface area contributed by atoms with Crippen molar-refractivity contribution < 1.29 is 4.42 Å². The Morgan fingerprint density at radius 3 is 2.22 bits per heavy atom. The van der Waals surface area contributed by atoms with Crippen LogP contribution in [-0.2, 0) is 19.4 Å². The van der Waals surface area contributed by atoms with Gasteiger partial charge in [0, 0.05) is 11.3 Å². The number of para-hydroxylation sites is 1. The van der Waals surface area contributed by atoms with Gasteiger partial charge in [-0.05, 0) is 36.1 Å². The summed E-state index contributed by atoms with van der Waals surface area (Å²) in [6.45, 7) is 4.87. The van der Waals surface area contributed by atoms with E-state index in [1.54, 1.807) is 0 Å². The summed E-state index contributed by atoms with van der Waals surface area (Å²) in [7, 11) is 0. The molecule has 1 N–H and O–H groups in total. The third-order valence-electron chi connectivity index (χ3n) is 3.90. The molecule has 3 aromatic rings. The first kappa shape index (κ1) is 15.3. The van der Waals surface area contributed by atoms with Crippen LogP contribution in [0.3, 0.4) is 0 Å². The van der Waals surface area contributed by atoms with Crippen LogP contribution in [0.4, 0.5) is 5.69 Å². The van der Waals surface area contributed by atoms with Gasteiger partial charge in [0.1, 0.15) is 0 Å². The van der Waals surface area contributed by atoms with Crippen molar-refractivity contribution in [2.45, 2.75) is 33.2 Å². The normalized spacial score (nSPS) is 10.7. The van der Waals surface area contributed by atoms with Gasteiger partial charge in [0.25, 0.3) is 0 Å². The summed E-state index contributed by atoms with van der Waals surface area (Å²) in [5.74, 6) is 1.15. The molecule has 0 unspecified atom stereocenters. The van der Waals surface area contributed by atoms with Crippen molar-refractivity contribution in [1.82, 2.24) is 10.2 Å². The van der Waals surface area contributed by atoms with Crippen LogP contribution in [0.1, 0.15) is 30.9 Å². The molecule has 0 fully saturated rings. The largest absolute Gasteiger partial charge is 0.419 e. The fourth-order valence-corrected chi connectivity index (χ4v) is 2.66. The third-order valence-corrected chi connectivity index (χ3v) is 3.90. The molecule has 4 nitrogen and oxygen atoms in total. The lowest BCUT2D eigenvalue weighted by Gasteiger charge is -2.14. The topological polar surface area (TPSA) is 51.0 Å². The predicted molar refractivity (Wildman–Crippen MR) is 92.3 cm³/mol. The maximum atomic E-state index is 5.75. The van der Waals surface area contributed by atoms with Gasteiger partial charge < -0.3 is 9.73 Å². The van der Waals surface area contributed by atoms with Crippen LogP contribution < -0.4 is 5.32 Å². The summed E-state index contributed by atoms with van der Waals surface area (Å²) >= 11 is 0. The summed E-state index contributed by atoms with van der Waals surface area (Å²) in [4.78, 5) is 0. The van der Waals surface area contributed by atoms with Gasteiger partial charge in [-0.1, -0.05) is 50.2 Å². The second-order valence-electron chi connectivity index (χ2n) is 5.38. The Morgan fingerprint density at radius 2 is 1.57 bits per heavy atom. The molecule has 0 aliphatic carbocycles. The van der Waals surface area contributed by atoms with E-state index in [-0.39, 0.29) is 0 Å². The molecule has 0 aliphatic rings. The fourth-order valence-electron chi connectivity index (χ4n) is 2.66. The minimum absolute atomic E-state index is 0.532. The lowest BCUT2D eigenvalue weighted by Crippen LogP contribution is -2.05. The van der Waals surface area contributed by atoms with E-state index in [1.165, 1.54) is 16.8 Å². The van der Waals surface area contributed by atoms with E-state index in [1.807, 2.05) is 30.3 Å². The number of nitrogens with zero attached hydrogens (tertiary/aromatic N) is 2. The molecule has 0 amide bonds. The molecule has 0 atom stereocenters. The smallest absolute Gasteiger partial charge is 0.247 e. The molecule has 23 heavy (non-hydrogen) atoms. The van der Waals surface area contributed by atoms with Crippen molar-refractivity contribution in [3.63, 3.8) is 0 Å². The number of benzene rings is 2. The molecule has 2 aromatic carbocycles. The van der Waals surface area contributed by atoms with Crippen molar-refractivity contribution in [2.24, 2.45) is 0 Å². The van der Waals surface area contributed by atoms with Crippen molar-refractivity contribution in [2.75, 3.05) is 5.32 Å². The van der Waals surface area contributed by atoms with E-state index < -0.39 is 0 Å². The molecule has 4 heteroatoms. The second kappa shape index (κ2) is 7.09. The minimum Gasteiger partial charge on any atom is -0.419 e. The molecule has 0 bridgehead atoms. The summed E-state index contributed by atoms with van der Waals surface area (Å²) in [6, 6.07) is 16.2. The highest BCUT2D eigenvalue weighted by Gasteiger charge is 2.10. The van der Waals surface area contributed by atoms with Crippen LogP contribution >= 0.6 is 0 Å². The lowest BCUT2D eigenvalue weighted by molar-refractivity contribution is 0.515. The number of nitrogens with one attached hydrogen (secondary N) is 1. The van der Waals surface area contributed by atoms with Gasteiger partial charge in [-0.2, -0.15) is 0 Å². The van der Waals surface area contributed by atoms with Gasteiger partial charge in [-0.25, -0.2) is 0 Å². The van der Waals surface area contributed by atoms with Crippen LogP contribution in [0.2, 0.25) is 0 Å². The average molecular weight is 307 g/mol. The Hall–Kier alpha value is -2.62. The van der Waals surface area contributed by atoms with Crippen molar-refractivity contribution in [3.8, 4) is 11.5 Å². The maximum Gasteiger partial charge on any atom is 0.247 e. The van der Waals surface area contributed by atoms with E-state index in [0.29, 0.717) is 18.3 Å². The lowest BCUT2D eigenvalue weighted by atomic mass is 10.0. The van der Waals surface area contributed by atoms with E-state index in [9.17, 15) is 0 Å². The highest BCUT2D eigenvalue weighted by atomic mass is 16.4. The van der Waals surface area contributed by atoms with Crippen molar-refractivity contribution in [3.05, 3.63) is 65.5 Å². The van der Waals surface area contributed by atoms with E-state index >= 15 is 0 Å². The van der Waals surface area contributed by atoms with E-state index in [4.69, 9.17) is 4.42 Å². The number of anilines is 1. The monoisotopic (exact) mass is 307 g/mol. The molecule has 1 aromatic heterocycles. The molecule has 118 valence electrons. The molecule has 0 spiro atoms. The number of aryl methyl sites for hydroxylation is 2.